The van der Waals surface area contributed by atoms with E-state index in [-0.39, 0.29) is 24.3 Å². The van der Waals surface area contributed by atoms with Gasteiger partial charge in [-0.15, -0.1) is 0 Å². The average Bonchev–Trinajstić information content (AvgIpc) is 3.57. The third-order valence-corrected chi connectivity index (χ3v) is 7.21. The summed E-state index contributed by atoms with van der Waals surface area (Å²) in [7, 11) is 1.56. The highest BCUT2D eigenvalue weighted by Gasteiger charge is 2.41. The maximum Gasteiger partial charge on any atom is 0.256 e. The molecule has 1 unspecified atom stereocenters. The number of para-hydroxylation sites is 2. The van der Waals surface area contributed by atoms with E-state index in [2.05, 4.69) is 10.6 Å². The summed E-state index contributed by atoms with van der Waals surface area (Å²) in [5, 5.41) is 9.34. The molecule has 1 saturated carbocycles. The van der Waals surface area contributed by atoms with E-state index in [1.54, 1.807) is 31.4 Å². The lowest BCUT2D eigenvalue weighted by Crippen LogP contribution is -2.39. The van der Waals surface area contributed by atoms with Crippen molar-refractivity contribution in [1.82, 2.24) is 10.2 Å². The van der Waals surface area contributed by atoms with Crippen molar-refractivity contribution in [3.63, 3.8) is 0 Å². The number of hydrogen-bond donors (Lipinski definition) is 2. The van der Waals surface area contributed by atoms with Gasteiger partial charge < -0.3 is 20.3 Å². The van der Waals surface area contributed by atoms with E-state index in [1.807, 2.05) is 41.5 Å². The molecule has 2 aliphatic heterocycles. The minimum Gasteiger partial charge on any atom is -0.495 e. The molecule has 7 nitrogen and oxygen atoms in total. The maximum absolute atomic E-state index is 13.7. The molecule has 180 valence electrons. The SMILES string of the molecule is COc1ccccc1NC(=O)C1=C(C)N=C2SC=C(CC(=O)NC3CC3)N2C1c1ccc(Cl)cc1. The lowest BCUT2D eigenvalue weighted by molar-refractivity contribution is -0.120. The zero-order valence-corrected chi connectivity index (χ0v) is 20.9. The number of hydrogen-bond acceptors (Lipinski definition) is 6. The Balaban J connectivity index is 1.51. The molecule has 0 radical (unpaired) electrons. The first-order chi connectivity index (χ1) is 16.9. The van der Waals surface area contributed by atoms with Gasteiger partial charge in [-0.3, -0.25) is 9.59 Å². The Morgan fingerprint density at radius 3 is 2.63 bits per heavy atom. The van der Waals surface area contributed by atoms with Gasteiger partial charge >= 0.3 is 0 Å². The van der Waals surface area contributed by atoms with Crippen LogP contribution in [0.2, 0.25) is 5.02 Å². The second-order valence-electron chi connectivity index (χ2n) is 8.62. The number of carbonyl (C=O) groups excluding carboxylic acids is 2. The van der Waals surface area contributed by atoms with Gasteiger partial charge in [0.25, 0.3) is 5.91 Å². The molecule has 35 heavy (non-hydrogen) atoms. The number of benzene rings is 2. The van der Waals surface area contributed by atoms with Crippen molar-refractivity contribution in [2.24, 2.45) is 4.99 Å². The van der Waals surface area contributed by atoms with Gasteiger partial charge in [0.1, 0.15) is 5.75 Å². The molecular weight excluding hydrogens is 484 g/mol. The molecule has 2 heterocycles. The number of ether oxygens (including phenoxy) is 1. The third kappa shape index (κ3) is 4.94. The summed E-state index contributed by atoms with van der Waals surface area (Å²) < 4.78 is 5.41. The predicted molar refractivity (Wildman–Crippen MR) is 139 cm³/mol. The molecule has 1 fully saturated rings. The second-order valence-corrected chi connectivity index (χ2v) is 9.89. The van der Waals surface area contributed by atoms with Crippen molar-refractivity contribution >= 4 is 46.0 Å². The van der Waals surface area contributed by atoms with Crippen LogP contribution >= 0.6 is 23.4 Å². The minimum absolute atomic E-state index is 0.0262. The summed E-state index contributed by atoms with van der Waals surface area (Å²) in [5.41, 5.74) is 3.37. The van der Waals surface area contributed by atoms with Crippen molar-refractivity contribution in [1.29, 1.82) is 0 Å². The smallest absolute Gasteiger partial charge is 0.256 e. The van der Waals surface area contributed by atoms with Crippen LogP contribution < -0.4 is 15.4 Å². The Labute approximate surface area is 213 Å². The summed E-state index contributed by atoms with van der Waals surface area (Å²) in [6.45, 7) is 1.84. The molecule has 2 amide bonds. The van der Waals surface area contributed by atoms with Crippen LogP contribution in [0, 0.1) is 0 Å². The van der Waals surface area contributed by atoms with Crippen LogP contribution in [0.15, 0.2) is 75.9 Å². The van der Waals surface area contributed by atoms with Crippen molar-refractivity contribution < 1.29 is 14.3 Å². The zero-order chi connectivity index (χ0) is 24.5. The largest absolute Gasteiger partial charge is 0.495 e. The number of amidine groups is 1. The van der Waals surface area contributed by atoms with Crippen molar-refractivity contribution in [3.05, 3.63) is 81.5 Å². The maximum atomic E-state index is 13.7. The monoisotopic (exact) mass is 508 g/mol. The van der Waals surface area contributed by atoms with Gasteiger partial charge in [0.15, 0.2) is 5.17 Å². The Kier molecular flexibility index (Phi) is 6.58. The van der Waals surface area contributed by atoms with Gasteiger partial charge in [-0.25, -0.2) is 4.99 Å². The van der Waals surface area contributed by atoms with Crippen LogP contribution in [0.5, 0.6) is 5.75 Å². The summed E-state index contributed by atoms with van der Waals surface area (Å²) in [6.07, 6.45) is 2.27. The molecule has 9 heteroatoms. The van der Waals surface area contributed by atoms with Crippen molar-refractivity contribution in [2.45, 2.75) is 38.3 Å². The predicted octanol–water partition coefficient (Wildman–Crippen LogP) is 5.23. The van der Waals surface area contributed by atoms with Crippen LogP contribution in [0.3, 0.4) is 0 Å². The van der Waals surface area contributed by atoms with E-state index >= 15 is 0 Å². The number of rotatable bonds is 7. The third-order valence-electron chi connectivity index (χ3n) is 6.07. The van der Waals surface area contributed by atoms with Crippen LogP contribution in [0.4, 0.5) is 5.69 Å². The number of anilines is 1. The van der Waals surface area contributed by atoms with E-state index < -0.39 is 6.04 Å². The molecule has 0 bridgehead atoms. The topological polar surface area (TPSA) is 83.0 Å². The van der Waals surface area contributed by atoms with E-state index in [9.17, 15) is 9.59 Å². The van der Waals surface area contributed by atoms with Crippen LogP contribution in [-0.2, 0) is 9.59 Å². The quantitative estimate of drug-likeness (QED) is 0.535. The van der Waals surface area contributed by atoms with Crippen molar-refractivity contribution in [2.75, 3.05) is 12.4 Å². The highest BCUT2D eigenvalue weighted by Crippen LogP contribution is 2.45. The zero-order valence-electron chi connectivity index (χ0n) is 19.4. The number of carbonyl (C=O) groups is 2. The van der Waals surface area contributed by atoms with Gasteiger partial charge in [-0.05, 0) is 55.0 Å². The molecule has 0 spiro atoms. The summed E-state index contributed by atoms with van der Waals surface area (Å²) in [6, 6.07) is 14.5. The number of methoxy groups -OCH3 is 1. The number of nitrogens with zero attached hydrogens (tertiary/aromatic N) is 2. The van der Waals surface area contributed by atoms with Gasteiger partial charge in [-0.1, -0.05) is 47.6 Å². The number of aliphatic imine (C=N–C) groups is 1. The Bertz CT molecular complexity index is 1270. The van der Waals surface area contributed by atoms with Gasteiger partial charge in [0.2, 0.25) is 5.91 Å². The normalized spacial score (nSPS) is 19.1. The average molecular weight is 509 g/mol. The summed E-state index contributed by atoms with van der Waals surface area (Å²) in [4.78, 5) is 33.1. The number of allylic oxidation sites excluding steroid dienone is 1. The summed E-state index contributed by atoms with van der Waals surface area (Å²) in [5.74, 6) is 0.256. The van der Waals surface area contributed by atoms with Crippen molar-refractivity contribution in [3.8, 4) is 5.75 Å². The van der Waals surface area contributed by atoms with Gasteiger partial charge in [0.05, 0.1) is 36.5 Å². The molecule has 0 aromatic heterocycles. The molecule has 5 rings (SSSR count). The second kappa shape index (κ2) is 9.79. The Morgan fingerprint density at radius 1 is 1.17 bits per heavy atom. The fourth-order valence-electron chi connectivity index (χ4n) is 4.23. The molecule has 0 saturated heterocycles. The fraction of sp³-hybridized carbons (Fsp3) is 0.269. The number of thioether (sulfide) groups is 1. The highest BCUT2D eigenvalue weighted by molar-refractivity contribution is 8.16. The first kappa shape index (κ1) is 23.5. The van der Waals surface area contributed by atoms with Crippen LogP contribution in [-0.4, -0.2) is 35.0 Å². The minimum atomic E-state index is -0.468. The number of nitrogens with one attached hydrogen (secondary N) is 2. The lowest BCUT2D eigenvalue weighted by Gasteiger charge is -2.36. The first-order valence-corrected chi connectivity index (χ1v) is 12.6. The van der Waals surface area contributed by atoms with E-state index in [4.69, 9.17) is 21.3 Å². The van der Waals surface area contributed by atoms with E-state index in [0.717, 1.165) is 29.3 Å². The van der Waals surface area contributed by atoms with E-state index in [1.165, 1.54) is 11.8 Å². The molecule has 3 aliphatic rings. The standard InChI is InChI=1S/C26H25ClN4O3S/c1-15-23(25(33)30-20-5-3-4-6-21(20)34-2)24(16-7-9-17(27)10-8-16)31-19(14-35-26(31)28-15)13-22(32)29-18-11-12-18/h3-10,14,18,24H,11-13H2,1-2H3,(H,29,32)(H,30,33). The van der Waals surface area contributed by atoms with E-state index in [0.29, 0.717) is 27.7 Å². The summed E-state index contributed by atoms with van der Waals surface area (Å²) >= 11 is 7.63. The molecular formula is C26H25ClN4O3S. The van der Waals surface area contributed by atoms with Crippen LogP contribution in [0.25, 0.3) is 0 Å². The van der Waals surface area contributed by atoms with Gasteiger partial charge in [-0.2, -0.15) is 0 Å². The molecule has 1 atom stereocenters. The van der Waals surface area contributed by atoms with Gasteiger partial charge in [0, 0.05) is 16.8 Å². The van der Waals surface area contributed by atoms with Crippen LogP contribution in [0.1, 0.15) is 37.8 Å². The molecule has 2 aromatic carbocycles. The molecule has 1 aliphatic carbocycles. The highest BCUT2D eigenvalue weighted by atomic mass is 35.5. The Morgan fingerprint density at radius 2 is 1.91 bits per heavy atom. The number of halogens is 1. The Hall–Kier alpha value is -3.23. The number of fused-ring (bicyclic) bond motifs is 1. The molecule has 2 aromatic rings. The fourth-order valence-corrected chi connectivity index (χ4v) is 5.32. The molecule has 2 N–H and O–H groups in total. The lowest BCUT2D eigenvalue weighted by atomic mass is 9.93. The first-order valence-electron chi connectivity index (χ1n) is 11.4. The number of amides is 2.